The van der Waals surface area contributed by atoms with Gasteiger partial charge in [0.25, 0.3) is 5.91 Å². The minimum atomic E-state index is -0.0233. The predicted octanol–water partition coefficient (Wildman–Crippen LogP) is 1.56. The number of amides is 1. The minimum absolute atomic E-state index is 0.0233. The van der Waals surface area contributed by atoms with E-state index >= 15 is 0 Å². The van der Waals surface area contributed by atoms with Crippen molar-refractivity contribution in [3.05, 3.63) is 17.8 Å². The van der Waals surface area contributed by atoms with Gasteiger partial charge in [0.1, 0.15) is 0 Å². The van der Waals surface area contributed by atoms with Crippen molar-refractivity contribution in [2.75, 3.05) is 12.0 Å². The fourth-order valence-corrected chi connectivity index (χ4v) is 2.54. The van der Waals surface area contributed by atoms with Crippen molar-refractivity contribution in [1.29, 1.82) is 0 Å². The molecule has 1 unspecified atom stereocenters. The molecule has 1 saturated heterocycles. The molecule has 0 aromatic carbocycles. The van der Waals surface area contributed by atoms with E-state index in [1.54, 1.807) is 12.1 Å². The summed E-state index contributed by atoms with van der Waals surface area (Å²) in [6, 6.07) is 3.66. The predicted molar refractivity (Wildman–Crippen MR) is 73.4 cm³/mol. The number of anilines is 1. The molecule has 19 heavy (non-hydrogen) atoms. The quantitative estimate of drug-likeness (QED) is 0.638. The van der Waals surface area contributed by atoms with Crippen LogP contribution in [0.25, 0.3) is 0 Å². The zero-order valence-electron chi connectivity index (χ0n) is 11.3. The Hall–Kier alpha value is -1.69. The molecule has 3 N–H and O–H groups in total. The molecule has 1 aromatic heterocycles. The largest absolute Gasteiger partial charge is 0.334 e. The fourth-order valence-electron chi connectivity index (χ4n) is 2.54. The number of carbonyl (C=O) groups is 1. The number of carbonyl (C=O) groups excluding carboxylic acids is 1. The lowest BCUT2D eigenvalue weighted by Crippen LogP contribution is -2.40. The summed E-state index contributed by atoms with van der Waals surface area (Å²) < 4.78 is 0. The van der Waals surface area contributed by atoms with Crippen LogP contribution in [0.15, 0.2) is 12.1 Å². The average Bonchev–Trinajstić information content (AvgIpc) is 2.71. The van der Waals surface area contributed by atoms with Crippen LogP contribution in [0.2, 0.25) is 0 Å². The summed E-state index contributed by atoms with van der Waals surface area (Å²) in [7, 11) is 0. The normalized spacial score (nSPS) is 19.9. The molecule has 104 valence electrons. The van der Waals surface area contributed by atoms with E-state index in [2.05, 4.69) is 22.5 Å². The van der Waals surface area contributed by atoms with Gasteiger partial charge in [-0.15, -0.1) is 10.2 Å². The summed E-state index contributed by atoms with van der Waals surface area (Å²) >= 11 is 0. The Bertz CT molecular complexity index is 420. The highest BCUT2D eigenvalue weighted by molar-refractivity contribution is 5.92. The molecule has 0 saturated carbocycles. The van der Waals surface area contributed by atoms with Crippen molar-refractivity contribution in [3.63, 3.8) is 0 Å². The number of nitrogens with zero attached hydrogens (tertiary/aromatic N) is 3. The molecule has 2 rings (SSSR count). The Morgan fingerprint density at radius 1 is 1.42 bits per heavy atom. The number of rotatable bonds is 3. The van der Waals surface area contributed by atoms with Gasteiger partial charge in [0.15, 0.2) is 11.5 Å². The van der Waals surface area contributed by atoms with E-state index in [0.717, 1.165) is 25.8 Å². The summed E-state index contributed by atoms with van der Waals surface area (Å²) in [5, 5.41) is 7.79. The van der Waals surface area contributed by atoms with E-state index in [1.165, 1.54) is 12.8 Å². The molecular formula is C13H21N5O. The molecule has 0 aliphatic carbocycles. The first-order valence-corrected chi connectivity index (χ1v) is 6.87. The fraction of sp³-hybridized carbons (Fsp3) is 0.615. The van der Waals surface area contributed by atoms with Gasteiger partial charge in [0.2, 0.25) is 0 Å². The standard InChI is InChI=1S/C13H21N5O/c1-2-10-6-4-3-5-9-18(10)13(19)11-7-8-12(15-14)17-16-11/h7-8,10H,2-6,9,14H2,1H3,(H,15,17). The lowest BCUT2D eigenvalue weighted by atomic mass is 10.1. The van der Waals surface area contributed by atoms with Crippen molar-refractivity contribution in [2.24, 2.45) is 5.84 Å². The Labute approximate surface area is 113 Å². The average molecular weight is 263 g/mol. The van der Waals surface area contributed by atoms with Crippen LogP contribution >= 0.6 is 0 Å². The maximum atomic E-state index is 12.5. The van der Waals surface area contributed by atoms with Crippen LogP contribution in [0.3, 0.4) is 0 Å². The summed E-state index contributed by atoms with van der Waals surface area (Å²) in [5.41, 5.74) is 2.79. The van der Waals surface area contributed by atoms with Gasteiger partial charge >= 0.3 is 0 Å². The second-order valence-electron chi connectivity index (χ2n) is 4.86. The highest BCUT2D eigenvalue weighted by Gasteiger charge is 2.25. The zero-order chi connectivity index (χ0) is 13.7. The molecule has 1 aliphatic rings. The number of hydrogen-bond acceptors (Lipinski definition) is 5. The topological polar surface area (TPSA) is 84.1 Å². The molecule has 1 amide bonds. The third kappa shape index (κ3) is 3.20. The van der Waals surface area contributed by atoms with Gasteiger partial charge in [-0.2, -0.15) is 0 Å². The third-order valence-corrected chi connectivity index (χ3v) is 3.64. The highest BCUT2D eigenvalue weighted by atomic mass is 16.2. The molecule has 1 fully saturated rings. The van der Waals surface area contributed by atoms with Crippen LogP contribution in [-0.4, -0.2) is 33.6 Å². The maximum Gasteiger partial charge on any atom is 0.274 e. The van der Waals surface area contributed by atoms with E-state index in [1.807, 2.05) is 4.90 Å². The molecular weight excluding hydrogens is 242 g/mol. The zero-order valence-corrected chi connectivity index (χ0v) is 11.3. The lowest BCUT2D eigenvalue weighted by Gasteiger charge is -2.28. The van der Waals surface area contributed by atoms with Crippen molar-refractivity contribution in [2.45, 2.75) is 45.1 Å². The van der Waals surface area contributed by atoms with Gasteiger partial charge in [-0.3, -0.25) is 4.79 Å². The van der Waals surface area contributed by atoms with Gasteiger partial charge in [-0.25, -0.2) is 5.84 Å². The van der Waals surface area contributed by atoms with E-state index in [9.17, 15) is 4.79 Å². The third-order valence-electron chi connectivity index (χ3n) is 3.64. The number of nitrogens with one attached hydrogen (secondary N) is 1. The minimum Gasteiger partial charge on any atom is -0.334 e. The number of hydrazine groups is 1. The summed E-state index contributed by atoms with van der Waals surface area (Å²) in [5.74, 6) is 5.67. The first kappa shape index (κ1) is 13.7. The van der Waals surface area contributed by atoms with Gasteiger partial charge in [0.05, 0.1) is 0 Å². The van der Waals surface area contributed by atoms with Gasteiger partial charge in [-0.1, -0.05) is 19.8 Å². The van der Waals surface area contributed by atoms with Crippen LogP contribution in [0, 0.1) is 0 Å². The summed E-state index contributed by atoms with van der Waals surface area (Å²) in [4.78, 5) is 14.4. The number of nitrogens with two attached hydrogens (primary N) is 1. The van der Waals surface area contributed by atoms with Crippen molar-refractivity contribution in [1.82, 2.24) is 15.1 Å². The number of hydrogen-bond donors (Lipinski definition) is 2. The van der Waals surface area contributed by atoms with E-state index in [-0.39, 0.29) is 5.91 Å². The molecule has 1 atom stereocenters. The van der Waals surface area contributed by atoms with Crippen LogP contribution in [0.5, 0.6) is 0 Å². The second kappa shape index (κ2) is 6.47. The number of likely N-dealkylation sites (tertiary alicyclic amines) is 1. The molecule has 2 heterocycles. The summed E-state index contributed by atoms with van der Waals surface area (Å²) in [6.45, 7) is 2.94. The van der Waals surface area contributed by atoms with Crippen LogP contribution < -0.4 is 11.3 Å². The van der Waals surface area contributed by atoms with E-state index < -0.39 is 0 Å². The van der Waals surface area contributed by atoms with Crippen LogP contribution in [0.1, 0.15) is 49.5 Å². The van der Waals surface area contributed by atoms with Crippen molar-refractivity contribution in [3.8, 4) is 0 Å². The smallest absolute Gasteiger partial charge is 0.274 e. The summed E-state index contributed by atoms with van der Waals surface area (Å²) in [6.07, 6.45) is 5.53. The monoisotopic (exact) mass is 263 g/mol. The molecule has 1 aliphatic heterocycles. The van der Waals surface area contributed by atoms with E-state index in [4.69, 9.17) is 5.84 Å². The Balaban J connectivity index is 2.15. The van der Waals surface area contributed by atoms with Crippen LogP contribution in [0.4, 0.5) is 5.82 Å². The molecule has 6 nitrogen and oxygen atoms in total. The Morgan fingerprint density at radius 2 is 2.26 bits per heavy atom. The Morgan fingerprint density at radius 3 is 2.89 bits per heavy atom. The molecule has 0 spiro atoms. The lowest BCUT2D eigenvalue weighted by molar-refractivity contribution is 0.0671. The van der Waals surface area contributed by atoms with Gasteiger partial charge in [0, 0.05) is 12.6 Å². The number of aromatic nitrogens is 2. The first-order valence-electron chi connectivity index (χ1n) is 6.87. The van der Waals surface area contributed by atoms with Crippen molar-refractivity contribution < 1.29 is 4.79 Å². The second-order valence-corrected chi connectivity index (χ2v) is 4.86. The first-order chi connectivity index (χ1) is 9.26. The van der Waals surface area contributed by atoms with E-state index in [0.29, 0.717) is 17.6 Å². The van der Waals surface area contributed by atoms with Gasteiger partial charge in [-0.05, 0) is 31.4 Å². The maximum absolute atomic E-state index is 12.5. The van der Waals surface area contributed by atoms with Crippen LogP contribution in [-0.2, 0) is 0 Å². The molecule has 0 bridgehead atoms. The Kier molecular flexibility index (Phi) is 4.68. The molecule has 1 aromatic rings. The molecule has 0 radical (unpaired) electrons. The molecule has 6 heteroatoms. The SMILES string of the molecule is CCC1CCCCCN1C(=O)c1ccc(NN)nn1. The highest BCUT2D eigenvalue weighted by Crippen LogP contribution is 2.20. The van der Waals surface area contributed by atoms with Crippen molar-refractivity contribution >= 4 is 11.7 Å². The number of nitrogen functional groups attached to an aromatic ring is 1. The van der Waals surface area contributed by atoms with Gasteiger partial charge < -0.3 is 10.3 Å².